The highest BCUT2D eigenvalue weighted by atomic mass is 19.1. The molecule has 0 aliphatic carbocycles. The van der Waals surface area contributed by atoms with Gasteiger partial charge in [0, 0.05) is 6.54 Å². The van der Waals surface area contributed by atoms with Crippen molar-refractivity contribution < 1.29 is 13.9 Å². The molecule has 2 atom stereocenters. The number of likely N-dealkylation sites (tertiary alicyclic amines) is 1. The summed E-state index contributed by atoms with van der Waals surface area (Å²) in [5.41, 5.74) is -0.274. The lowest BCUT2D eigenvalue weighted by Crippen LogP contribution is -2.47. The average molecular weight is 294 g/mol. The van der Waals surface area contributed by atoms with E-state index in [9.17, 15) is 9.18 Å². The quantitative estimate of drug-likeness (QED) is 0.796. The molecule has 0 bridgehead atoms. The second kappa shape index (κ2) is 5.72. The molecule has 0 aromatic carbocycles. The molecule has 0 saturated carbocycles. The molecule has 1 aliphatic heterocycles. The molecule has 0 radical (unpaired) electrons. The van der Waals surface area contributed by atoms with Crippen LogP contribution in [0.2, 0.25) is 0 Å². The number of carbonyl (C=O) groups excluding carboxylic acids is 1. The van der Waals surface area contributed by atoms with Crippen molar-refractivity contribution in [3.05, 3.63) is 18.0 Å². The second-order valence-electron chi connectivity index (χ2n) is 6.07. The zero-order valence-corrected chi connectivity index (χ0v) is 12.4. The van der Waals surface area contributed by atoms with Crippen molar-refractivity contribution in [2.45, 2.75) is 45.0 Å². The Morgan fingerprint density at radius 2 is 2.29 bits per heavy atom. The standard InChI is InChI=1S/C14H19FN4O2/c1-14(2,3)21-13(20)18-7-5-12(11(15)9-18)19-10(8-16)4-6-17-19/h4,6,11-12H,5,7,9H2,1-3H3. The Balaban J connectivity index is 2.03. The van der Waals surface area contributed by atoms with Crippen LogP contribution in [-0.4, -0.2) is 45.6 Å². The third-order valence-electron chi connectivity index (χ3n) is 3.26. The maximum atomic E-state index is 14.4. The predicted molar refractivity (Wildman–Crippen MR) is 73.3 cm³/mol. The monoisotopic (exact) mass is 294 g/mol. The first-order valence-electron chi connectivity index (χ1n) is 6.87. The fourth-order valence-corrected chi connectivity index (χ4v) is 2.33. The first-order chi connectivity index (χ1) is 9.81. The Bertz CT molecular complexity index is 558. The normalized spacial score (nSPS) is 22.7. The van der Waals surface area contributed by atoms with Gasteiger partial charge in [-0.3, -0.25) is 0 Å². The van der Waals surface area contributed by atoms with Gasteiger partial charge in [0.2, 0.25) is 0 Å². The van der Waals surface area contributed by atoms with Crippen LogP contribution >= 0.6 is 0 Å². The number of carbonyl (C=O) groups is 1. The Morgan fingerprint density at radius 3 is 2.86 bits per heavy atom. The molecule has 1 aliphatic rings. The number of aromatic nitrogens is 2. The van der Waals surface area contributed by atoms with Crippen LogP contribution in [0.1, 0.15) is 38.9 Å². The number of hydrogen-bond donors (Lipinski definition) is 0. The van der Waals surface area contributed by atoms with Crippen LogP contribution in [0.5, 0.6) is 0 Å². The predicted octanol–water partition coefficient (Wildman–Crippen LogP) is 2.27. The van der Waals surface area contributed by atoms with Gasteiger partial charge in [-0.1, -0.05) is 0 Å². The number of alkyl halides is 1. The summed E-state index contributed by atoms with van der Waals surface area (Å²) in [6, 6.07) is 3.02. The molecule has 2 rings (SSSR count). The molecule has 21 heavy (non-hydrogen) atoms. The highest BCUT2D eigenvalue weighted by Gasteiger charge is 2.35. The first-order valence-corrected chi connectivity index (χ1v) is 6.87. The molecule has 2 heterocycles. The van der Waals surface area contributed by atoms with E-state index < -0.39 is 23.9 Å². The minimum atomic E-state index is -1.28. The molecule has 1 aromatic heterocycles. The van der Waals surface area contributed by atoms with Gasteiger partial charge < -0.3 is 9.64 Å². The molecule has 6 nitrogen and oxygen atoms in total. The number of hydrogen-bond acceptors (Lipinski definition) is 4. The van der Waals surface area contributed by atoms with Gasteiger partial charge in [-0.05, 0) is 33.3 Å². The molecule has 0 spiro atoms. The van der Waals surface area contributed by atoms with E-state index in [1.54, 1.807) is 26.8 Å². The molecule has 1 saturated heterocycles. The second-order valence-corrected chi connectivity index (χ2v) is 6.07. The van der Waals surface area contributed by atoms with Crippen LogP contribution < -0.4 is 0 Å². The van der Waals surface area contributed by atoms with Gasteiger partial charge >= 0.3 is 6.09 Å². The molecular formula is C14H19FN4O2. The van der Waals surface area contributed by atoms with E-state index in [4.69, 9.17) is 10.00 Å². The number of amides is 1. The van der Waals surface area contributed by atoms with Crippen LogP contribution in [0.15, 0.2) is 12.3 Å². The van der Waals surface area contributed by atoms with Gasteiger partial charge in [-0.15, -0.1) is 0 Å². The molecule has 1 fully saturated rings. The van der Waals surface area contributed by atoms with E-state index in [2.05, 4.69) is 5.10 Å². The van der Waals surface area contributed by atoms with Gasteiger partial charge in [-0.2, -0.15) is 10.4 Å². The van der Waals surface area contributed by atoms with Crippen LogP contribution in [0.4, 0.5) is 9.18 Å². The minimum Gasteiger partial charge on any atom is -0.444 e. The van der Waals surface area contributed by atoms with E-state index in [-0.39, 0.29) is 6.54 Å². The van der Waals surface area contributed by atoms with E-state index in [1.807, 2.05) is 6.07 Å². The fraction of sp³-hybridized carbons (Fsp3) is 0.643. The van der Waals surface area contributed by atoms with Crippen molar-refractivity contribution >= 4 is 6.09 Å². The molecule has 1 aromatic rings. The summed E-state index contributed by atoms with van der Waals surface area (Å²) in [5, 5.41) is 13.0. The van der Waals surface area contributed by atoms with Crippen molar-refractivity contribution in [1.29, 1.82) is 5.26 Å². The maximum absolute atomic E-state index is 14.4. The average Bonchev–Trinajstić information content (AvgIpc) is 2.84. The molecule has 7 heteroatoms. The summed E-state index contributed by atoms with van der Waals surface area (Å²) in [6.45, 7) is 5.64. The lowest BCUT2D eigenvalue weighted by atomic mass is 10.0. The van der Waals surface area contributed by atoms with Crippen LogP contribution in [0, 0.1) is 11.3 Å². The van der Waals surface area contributed by atoms with Crippen molar-refractivity contribution in [3.63, 3.8) is 0 Å². The SMILES string of the molecule is CC(C)(C)OC(=O)N1CCC(n2nccc2C#N)C(F)C1. The number of nitriles is 1. The molecule has 114 valence electrons. The smallest absolute Gasteiger partial charge is 0.410 e. The lowest BCUT2D eigenvalue weighted by Gasteiger charge is -2.35. The van der Waals surface area contributed by atoms with E-state index in [1.165, 1.54) is 15.8 Å². The minimum absolute atomic E-state index is 0.0513. The van der Waals surface area contributed by atoms with Crippen LogP contribution in [0.25, 0.3) is 0 Å². The Morgan fingerprint density at radius 1 is 1.57 bits per heavy atom. The summed E-state index contributed by atoms with van der Waals surface area (Å²) >= 11 is 0. The van der Waals surface area contributed by atoms with Gasteiger partial charge in [0.05, 0.1) is 18.8 Å². The number of nitrogens with zero attached hydrogens (tertiary/aromatic N) is 4. The van der Waals surface area contributed by atoms with Gasteiger partial charge in [0.15, 0.2) is 0 Å². The highest BCUT2D eigenvalue weighted by Crippen LogP contribution is 2.27. The first kappa shape index (κ1) is 15.3. The van der Waals surface area contributed by atoms with Crippen molar-refractivity contribution in [3.8, 4) is 6.07 Å². The van der Waals surface area contributed by atoms with Crippen molar-refractivity contribution in [1.82, 2.24) is 14.7 Å². The third-order valence-corrected chi connectivity index (χ3v) is 3.26. The largest absolute Gasteiger partial charge is 0.444 e. The van der Waals surface area contributed by atoms with Crippen LogP contribution in [-0.2, 0) is 4.74 Å². The molecule has 2 unspecified atom stereocenters. The van der Waals surface area contributed by atoms with Gasteiger partial charge in [0.25, 0.3) is 0 Å². The van der Waals surface area contributed by atoms with E-state index >= 15 is 0 Å². The summed E-state index contributed by atoms with van der Waals surface area (Å²) in [5.74, 6) is 0. The van der Waals surface area contributed by atoms with E-state index in [0.717, 1.165) is 0 Å². The Kier molecular flexibility index (Phi) is 4.16. The zero-order valence-electron chi connectivity index (χ0n) is 12.4. The zero-order chi connectivity index (χ0) is 15.6. The highest BCUT2D eigenvalue weighted by molar-refractivity contribution is 5.68. The van der Waals surface area contributed by atoms with Crippen molar-refractivity contribution in [2.75, 3.05) is 13.1 Å². The summed E-state index contributed by atoms with van der Waals surface area (Å²) in [4.78, 5) is 13.3. The van der Waals surface area contributed by atoms with Gasteiger partial charge in [0.1, 0.15) is 23.5 Å². The Hall–Kier alpha value is -2.10. The lowest BCUT2D eigenvalue weighted by molar-refractivity contribution is 0.00569. The number of halogens is 1. The molecule has 1 amide bonds. The maximum Gasteiger partial charge on any atom is 0.410 e. The van der Waals surface area contributed by atoms with E-state index in [0.29, 0.717) is 18.7 Å². The number of ether oxygens (including phenoxy) is 1. The third kappa shape index (κ3) is 3.51. The Labute approximate surface area is 123 Å². The number of rotatable bonds is 1. The summed E-state index contributed by atoms with van der Waals surface area (Å²) < 4.78 is 21.0. The number of piperidine rings is 1. The van der Waals surface area contributed by atoms with Crippen LogP contribution in [0.3, 0.4) is 0 Å². The topological polar surface area (TPSA) is 71.2 Å². The molecule has 0 N–H and O–H groups in total. The fourth-order valence-electron chi connectivity index (χ4n) is 2.33. The van der Waals surface area contributed by atoms with Crippen molar-refractivity contribution in [2.24, 2.45) is 0 Å². The molecular weight excluding hydrogens is 275 g/mol. The summed E-state index contributed by atoms with van der Waals surface area (Å²) in [7, 11) is 0. The summed E-state index contributed by atoms with van der Waals surface area (Å²) in [6.07, 6.45) is 0.0882. The van der Waals surface area contributed by atoms with Gasteiger partial charge in [-0.25, -0.2) is 13.9 Å².